The molecule has 1 atom stereocenters. The Labute approximate surface area is 124 Å². The fraction of sp³-hybridized carbons (Fsp3) is 0.214. The molecule has 1 amide bonds. The van der Waals surface area contributed by atoms with Crippen molar-refractivity contribution < 1.29 is 9.21 Å². The summed E-state index contributed by atoms with van der Waals surface area (Å²) in [5, 5.41) is 3.25. The van der Waals surface area contributed by atoms with E-state index in [0.29, 0.717) is 11.6 Å². The minimum absolute atomic E-state index is 0.0390. The molecule has 1 aliphatic rings. The van der Waals surface area contributed by atoms with Crippen molar-refractivity contribution in [3.8, 4) is 0 Å². The number of halogens is 2. The molecule has 3 rings (SSSR count). The molecule has 1 aliphatic heterocycles. The van der Waals surface area contributed by atoms with Crippen LogP contribution in [0.5, 0.6) is 0 Å². The fourth-order valence-electron chi connectivity index (χ4n) is 2.19. The van der Waals surface area contributed by atoms with E-state index in [1.807, 2.05) is 18.2 Å². The van der Waals surface area contributed by atoms with E-state index < -0.39 is 0 Å². The average molecular weight is 341 g/mol. The Kier molecular flexibility index (Phi) is 3.37. The summed E-state index contributed by atoms with van der Waals surface area (Å²) in [5.41, 5.74) is 3.14. The molecular weight excluding hydrogens is 330 g/mol. The Morgan fingerprint density at radius 3 is 2.84 bits per heavy atom. The van der Waals surface area contributed by atoms with Crippen molar-refractivity contribution in [1.29, 1.82) is 0 Å². The zero-order chi connectivity index (χ0) is 13.4. The second-order valence-corrected chi connectivity index (χ2v) is 5.76. The Morgan fingerprint density at radius 1 is 1.26 bits per heavy atom. The lowest BCUT2D eigenvalue weighted by Crippen LogP contribution is -2.19. The van der Waals surface area contributed by atoms with Crippen LogP contribution in [0.1, 0.15) is 28.1 Å². The molecule has 1 aromatic carbocycles. The van der Waals surface area contributed by atoms with Crippen LogP contribution in [-0.4, -0.2) is 5.91 Å². The van der Waals surface area contributed by atoms with Crippen molar-refractivity contribution in [3.63, 3.8) is 0 Å². The van der Waals surface area contributed by atoms with Gasteiger partial charge in [0.15, 0.2) is 5.22 Å². The number of alkyl halides is 1. The number of carbonyl (C=O) groups is 1. The van der Waals surface area contributed by atoms with Gasteiger partial charge in [-0.25, -0.2) is 0 Å². The second-order valence-electron chi connectivity index (χ2n) is 4.47. The van der Waals surface area contributed by atoms with Crippen molar-refractivity contribution in [2.75, 3.05) is 5.32 Å². The van der Waals surface area contributed by atoms with Crippen molar-refractivity contribution in [2.45, 2.75) is 17.7 Å². The van der Waals surface area contributed by atoms with Gasteiger partial charge in [0.2, 0.25) is 5.91 Å². The molecule has 0 radical (unpaired) electrons. The molecule has 1 aromatic heterocycles. The molecule has 2 aromatic rings. The van der Waals surface area contributed by atoms with Crippen LogP contribution >= 0.6 is 27.5 Å². The molecule has 2 heterocycles. The van der Waals surface area contributed by atoms with Crippen LogP contribution in [0.2, 0.25) is 5.22 Å². The van der Waals surface area contributed by atoms with Gasteiger partial charge in [-0.3, -0.25) is 4.79 Å². The van der Waals surface area contributed by atoms with Gasteiger partial charge < -0.3 is 9.73 Å². The van der Waals surface area contributed by atoms with E-state index in [-0.39, 0.29) is 10.7 Å². The predicted octanol–water partition coefficient (Wildman–Crippen LogP) is 4.30. The second kappa shape index (κ2) is 5.02. The summed E-state index contributed by atoms with van der Waals surface area (Å²) in [6.45, 7) is 0. The van der Waals surface area contributed by atoms with Gasteiger partial charge in [0, 0.05) is 12.1 Å². The molecule has 1 N–H and O–H groups in total. The van der Waals surface area contributed by atoms with Gasteiger partial charge in [0.1, 0.15) is 5.76 Å². The zero-order valence-corrected chi connectivity index (χ0v) is 12.3. The summed E-state index contributed by atoms with van der Waals surface area (Å²) in [4.78, 5) is 11.3. The number of furan rings is 1. The Morgan fingerprint density at radius 2 is 2.11 bits per heavy atom. The van der Waals surface area contributed by atoms with E-state index in [4.69, 9.17) is 16.0 Å². The van der Waals surface area contributed by atoms with Crippen LogP contribution in [0.15, 0.2) is 34.7 Å². The third-order valence-corrected chi connectivity index (χ3v) is 4.34. The highest BCUT2D eigenvalue weighted by Crippen LogP contribution is 2.35. The first-order chi connectivity index (χ1) is 9.13. The van der Waals surface area contributed by atoms with Crippen LogP contribution in [0.25, 0.3) is 0 Å². The molecule has 0 saturated heterocycles. The molecule has 5 heteroatoms. The maximum atomic E-state index is 11.3. The van der Waals surface area contributed by atoms with Crippen LogP contribution in [0.3, 0.4) is 0 Å². The third kappa shape index (κ3) is 2.55. The number of hydrogen-bond donors (Lipinski definition) is 1. The molecule has 0 spiro atoms. The molecule has 98 valence electrons. The summed E-state index contributed by atoms with van der Waals surface area (Å²) in [7, 11) is 0. The quantitative estimate of drug-likeness (QED) is 0.828. The first-order valence-corrected chi connectivity index (χ1v) is 7.25. The largest absolute Gasteiger partial charge is 0.448 e. The lowest BCUT2D eigenvalue weighted by atomic mass is 9.99. The summed E-state index contributed by atoms with van der Waals surface area (Å²) in [6, 6.07) is 9.57. The van der Waals surface area contributed by atoms with Gasteiger partial charge >= 0.3 is 0 Å². The molecule has 19 heavy (non-hydrogen) atoms. The minimum Gasteiger partial charge on any atom is -0.448 e. The van der Waals surface area contributed by atoms with Gasteiger partial charge in [-0.2, -0.15) is 0 Å². The highest BCUT2D eigenvalue weighted by Gasteiger charge is 2.19. The molecule has 0 saturated carbocycles. The van der Waals surface area contributed by atoms with Gasteiger partial charge in [-0.15, -0.1) is 0 Å². The molecular formula is C14H11BrClNO2. The third-order valence-electron chi connectivity index (χ3n) is 3.16. The highest BCUT2D eigenvalue weighted by molar-refractivity contribution is 9.09. The number of rotatable bonds is 2. The lowest BCUT2D eigenvalue weighted by molar-refractivity contribution is -0.116. The Bertz CT molecular complexity index is 638. The lowest BCUT2D eigenvalue weighted by Gasteiger charge is -2.18. The number of fused-ring (bicyclic) bond motifs is 1. The van der Waals surface area contributed by atoms with Gasteiger partial charge in [-0.05, 0) is 47.3 Å². The van der Waals surface area contributed by atoms with E-state index in [1.54, 1.807) is 6.07 Å². The Balaban J connectivity index is 1.92. The van der Waals surface area contributed by atoms with Crippen molar-refractivity contribution in [3.05, 3.63) is 52.4 Å². The van der Waals surface area contributed by atoms with Crippen LogP contribution in [0, 0.1) is 0 Å². The maximum Gasteiger partial charge on any atom is 0.224 e. The fourth-order valence-corrected chi connectivity index (χ4v) is 2.87. The molecule has 3 nitrogen and oxygen atoms in total. The number of benzene rings is 1. The number of hydrogen-bond acceptors (Lipinski definition) is 2. The number of amides is 1. The predicted molar refractivity (Wildman–Crippen MR) is 77.9 cm³/mol. The zero-order valence-electron chi connectivity index (χ0n) is 9.95. The average Bonchev–Trinajstić information content (AvgIpc) is 2.84. The molecule has 0 bridgehead atoms. The van der Waals surface area contributed by atoms with Crippen LogP contribution in [0.4, 0.5) is 5.69 Å². The van der Waals surface area contributed by atoms with Gasteiger partial charge in [0.05, 0.1) is 4.83 Å². The van der Waals surface area contributed by atoms with E-state index in [9.17, 15) is 4.79 Å². The standard InChI is InChI=1S/C14H11BrClNO2/c15-14(11-4-5-12(16)19-11)9-1-3-10-8(7-9)2-6-13(18)17-10/h1,3-5,7,14H,2,6H2,(H,17,18). The monoisotopic (exact) mass is 339 g/mol. The normalized spacial score (nSPS) is 15.8. The van der Waals surface area contributed by atoms with Crippen molar-refractivity contribution in [1.82, 2.24) is 0 Å². The van der Waals surface area contributed by atoms with Crippen molar-refractivity contribution >= 4 is 39.1 Å². The van der Waals surface area contributed by atoms with Crippen LogP contribution in [-0.2, 0) is 11.2 Å². The summed E-state index contributed by atoms with van der Waals surface area (Å²) in [5.74, 6) is 0.846. The summed E-state index contributed by atoms with van der Waals surface area (Å²) < 4.78 is 5.41. The van der Waals surface area contributed by atoms with E-state index in [2.05, 4.69) is 27.3 Å². The summed E-state index contributed by atoms with van der Waals surface area (Å²) in [6.07, 6.45) is 1.31. The molecule has 0 fully saturated rings. The Hall–Kier alpha value is -1.26. The molecule has 1 unspecified atom stereocenters. The minimum atomic E-state index is -0.0390. The highest BCUT2D eigenvalue weighted by atomic mass is 79.9. The van der Waals surface area contributed by atoms with Gasteiger partial charge in [-0.1, -0.05) is 28.1 Å². The first kappa shape index (κ1) is 12.8. The van der Waals surface area contributed by atoms with E-state index in [0.717, 1.165) is 29.0 Å². The van der Waals surface area contributed by atoms with Crippen LogP contribution < -0.4 is 5.32 Å². The SMILES string of the molecule is O=C1CCc2cc(C(Br)c3ccc(Cl)o3)ccc2N1. The summed E-state index contributed by atoms with van der Waals surface area (Å²) >= 11 is 9.40. The maximum absolute atomic E-state index is 11.3. The van der Waals surface area contributed by atoms with E-state index in [1.165, 1.54) is 0 Å². The topological polar surface area (TPSA) is 42.2 Å². The smallest absolute Gasteiger partial charge is 0.224 e. The van der Waals surface area contributed by atoms with Gasteiger partial charge in [0.25, 0.3) is 0 Å². The number of nitrogens with one attached hydrogen (secondary N) is 1. The number of anilines is 1. The number of aryl methyl sites for hydroxylation is 1. The van der Waals surface area contributed by atoms with Crippen molar-refractivity contribution in [2.24, 2.45) is 0 Å². The number of carbonyl (C=O) groups excluding carboxylic acids is 1. The van der Waals surface area contributed by atoms with E-state index >= 15 is 0 Å². The molecule has 0 aliphatic carbocycles. The first-order valence-electron chi connectivity index (χ1n) is 5.95.